The molecule has 4 rings (SSSR count). The summed E-state index contributed by atoms with van der Waals surface area (Å²) < 4.78 is 5.97. The van der Waals surface area contributed by atoms with Crippen molar-refractivity contribution in [2.24, 2.45) is 5.92 Å². The first-order valence-electron chi connectivity index (χ1n) is 12.7. The minimum absolute atomic E-state index is 0.0205. The molecule has 1 aliphatic heterocycles. The van der Waals surface area contributed by atoms with E-state index < -0.39 is 5.97 Å². The lowest BCUT2D eigenvalue weighted by molar-refractivity contribution is -0.143. The topological polar surface area (TPSA) is 95.9 Å². The molecule has 1 heterocycles. The summed E-state index contributed by atoms with van der Waals surface area (Å²) in [6.07, 6.45) is 6.11. The third-order valence-corrected chi connectivity index (χ3v) is 6.97. The van der Waals surface area contributed by atoms with Gasteiger partial charge in [0.2, 0.25) is 0 Å². The van der Waals surface area contributed by atoms with Crippen molar-refractivity contribution in [1.29, 1.82) is 0 Å². The summed E-state index contributed by atoms with van der Waals surface area (Å²) in [7, 11) is 0. The molecule has 1 saturated heterocycles. The van der Waals surface area contributed by atoms with E-state index in [1.165, 1.54) is 12.8 Å². The van der Waals surface area contributed by atoms with Crippen LogP contribution >= 0.6 is 0 Å². The van der Waals surface area contributed by atoms with Crippen molar-refractivity contribution in [3.63, 3.8) is 0 Å². The lowest BCUT2D eigenvalue weighted by atomic mass is 9.87. The lowest BCUT2D eigenvalue weighted by Crippen LogP contribution is -2.27. The van der Waals surface area contributed by atoms with Gasteiger partial charge in [-0.2, -0.15) is 0 Å². The van der Waals surface area contributed by atoms with Crippen LogP contribution in [0.25, 0.3) is 0 Å². The van der Waals surface area contributed by atoms with Crippen LogP contribution in [0.5, 0.6) is 5.75 Å². The lowest BCUT2D eigenvalue weighted by Gasteiger charge is -2.26. The molecule has 2 fully saturated rings. The molecule has 0 atom stereocenters. The predicted molar refractivity (Wildman–Crippen MR) is 134 cm³/mol. The van der Waals surface area contributed by atoms with Crippen molar-refractivity contribution in [2.75, 3.05) is 24.5 Å². The Kier molecular flexibility index (Phi) is 8.40. The molecule has 0 radical (unpaired) electrons. The van der Waals surface area contributed by atoms with Crippen LogP contribution in [0.4, 0.5) is 5.69 Å². The monoisotopic (exact) mass is 478 g/mol. The third-order valence-electron chi connectivity index (χ3n) is 6.97. The molecule has 2 aromatic carbocycles. The van der Waals surface area contributed by atoms with Crippen LogP contribution < -0.4 is 15.0 Å². The molecule has 1 aliphatic carbocycles. The fourth-order valence-corrected chi connectivity index (χ4v) is 4.84. The highest BCUT2D eigenvalue weighted by atomic mass is 16.5. The van der Waals surface area contributed by atoms with Gasteiger partial charge in [0.25, 0.3) is 5.91 Å². The number of carbonyl (C=O) groups is 3. The van der Waals surface area contributed by atoms with Gasteiger partial charge in [-0.3, -0.25) is 14.4 Å². The second-order valence-corrected chi connectivity index (χ2v) is 9.48. The van der Waals surface area contributed by atoms with E-state index in [4.69, 9.17) is 9.84 Å². The summed E-state index contributed by atoms with van der Waals surface area (Å²) in [5, 5.41) is 12.0. The van der Waals surface area contributed by atoms with E-state index in [-0.39, 0.29) is 23.7 Å². The van der Waals surface area contributed by atoms with Crippen molar-refractivity contribution in [3.8, 4) is 5.75 Å². The first-order valence-corrected chi connectivity index (χ1v) is 12.7. The maximum Gasteiger partial charge on any atom is 0.306 e. The quantitative estimate of drug-likeness (QED) is 0.380. The Hall–Kier alpha value is -3.35. The van der Waals surface area contributed by atoms with Crippen LogP contribution in [0.15, 0.2) is 48.5 Å². The zero-order valence-electron chi connectivity index (χ0n) is 20.1. The van der Waals surface area contributed by atoms with Gasteiger partial charge in [-0.05, 0) is 93.5 Å². The highest BCUT2D eigenvalue weighted by molar-refractivity contribution is 5.96. The fourth-order valence-electron chi connectivity index (χ4n) is 4.84. The Morgan fingerprint density at radius 3 is 2.14 bits per heavy atom. The van der Waals surface area contributed by atoms with Crippen molar-refractivity contribution < 1.29 is 24.2 Å². The number of amides is 1. The minimum Gasteiger partial charge on any atom is -0.490 e. The number of nitrogens with zero attached hydrogens (tertiary/aromatic N) is 1. The van der Waals surface area contributed by atoms with Gasteiger partial charge in [0.15, 0.2) is 5.78 Å². The van der Waals surface area contributed by atoms with Crippen molar-refractivity contribution in [3.05, 3.63) is 59.7 Å². The molecule has 0 bridgehead atoms. The van der Waals surface area contributed by atoms with E-state index in [9.17, 15) is 14.4 Å². The molecule has 1 amide bonds. The first-order chi connectivity index (χ1) is 17.0. The summed E-state index contributed by atoms with van der Waals surface area (Å²) in [5.74, 6) is -0.382. The largest absolute Gasteiger partial charge is 0.490 e. The number of carboxylic acid groups (broad SMARTS) is 1. The molecule has 7 nitrogen and oxygen atoms in total. The summed E-state index contributed by atoms with van der Waals surface area (Å²) in [6, 6.07) is 14.8. The van der Waals surface area contributed by atoms with Crippen LogP contribution in [0.2, 0.25) is 0 Å². The van der Waals surface area contributed by atoms with Crippen molar-refractivity contribution in [1.82, 2.24) is 5.32 Å². The molecule has 35 heavy (non-hydrogen) atoms. The molecular weight excluding hydrogens is 444 g/mol. The second kappa shape index (κ2) is 11.9. The number of carboxylic acids is 1. The van der Waals surface area contributed by atoms with E-state index >= 15 is 0 Å². The SMILES string of the molecule is O=C(CCCNC(=O)c1ccc(N2CCCC2)cc1)c1ccc(OC2CCC(C(=O)O)CC2)cc1. The van der Waals surface area contributed by atoms with Crippen LogP contribution in [0, 0.1) is 5.92 Å². The van der Waals surface area contributed by atoms with Crippen LogP contribution in [-0.2, 0) is 4.79 Å². The van der Waals surface area contributed by atoms with Crippen molar-refractivity contribution in [2.45, 2.75) is 57.5 Å². The number of benzene rings is 2. The van der Waals surface area contributed by atoms with Crippen LogP contribution in [-0.4, -0.2) is 48.5 Å². The molecule has 2 aromatic rings. The van der Waals surface area contributed by atoms with E-state index in [1.807, 2.05) is 24.3 Å². The number of ketones is 1. The highest BCUT2D eigenvalue weighted by Gasteiger charge is 2.26. The van der Waals surface area contributed by atoms with Gasteiger partial charge in [0.1, 0.15) is 5.75 Å². The van der Waals surface area contributed by atoms with Gasteiger partial charge < -0.3 is 20.1 Å². The average Bonchev–Trinajstić information content (AvgIpc) is 3.42. The summed E-state index contributed by atoms with van der Waals surface area (Å²) in [5.41, 5.74) is 2.41. The molecular formula is C28H34N2O5. The summed E-state index contributed by atoms with van der Waals surface area (Å²) >= 11 is 0. The Morgan fingerprint density at radius 1 is 0.886 bits per heavy atom. The van der Waals surface area contributed by atoms with Gasteiger partial charge in [-0.25, -0.2) is 0 Å². The number of hydrogen-bond acceptors (Lipinski definition) is 5. The van der Waals surface area contributed by atoms with E-state index in [2.05, 4.69) is 10.2 Å². The molecule has 1 saturated carbocycles. The normalized spacial score (nSPS) is 19.8. The van der Waals surface area contributed by atoms with Crippen LogP contribution in [0.1, 0.15) is 72.1 Å². The molecule has 2 N–H and O–H groups in total. The number of ether oxygens (including phenoxy) is 1. The van der Waals surface area contributed by atoms with Gasteiger partial charge in [0.05, 0.1) is 12.0 Å². The maximum absolute atomic E-state index is 12.5. The van der Waals surface area contributed by atoms with Gasteiger partial charge >= 0.3 is 5.97 Å². The van der Waals surface area contributed by atoms with Gasteiger partial charge in [0, 0.05) is 42.9 Å². The van der Waals surface area contributed by atoms with Gasteiger partial charge in [-0.1, -0.05) is 0 Å². The molecule has 186 valence electrons. The molecule has 0 spiro atoms. The molecule has 0 unspecified atom stereocenters. The number of Topliss-reactive ketones (excluding diaryl/α,β-unsaturated/α-hetero) is 1. The number of carbonyl (C=O) groups excluding carboxylic acids is 2. The number of aliphatic carboxylic acids is 1. The number of rotatable bonds is 10. The molecule has 0 aromatic heterocycles. The zero-order valence-corrected chi connectivity index (χ0v) is 20.1. The minimum atomic E-state index is -0.725. The number of anilines is 1. The number of hydrogen-bond donors (Lipinski definition) is 2. The Morgan fingerprint density at radius 2 is 1.51 bits per heavy atom. The summed E-state index contributed by atoms with van der Waals surface area (Å²) in [4.78, 5) is 38.3. The Labute approximate surface area is 206 Å². The Bertz CT molecular complexity index is 1000. The fraction of sp³-hybridized carbons (Fsp3) is 0.464. The second-order valence-electron chi connectivity index (χ2n) is 9.48. The van der Waals surface area contributed by atoms with E-state index in [0.29, 0.717) is 49.1 Å². The van der Waals surface area contributed by atoms with E-state index in [0.717, 1.165) is 31.6 Å². The zero-order chi connectivity index (χ0) is 24.6. The first kappa shape index (κ1) is 24.8. The third kappa shape index (κ3) is 6.84. The average molecular weight is 479 g/mol. The predicted octanol–water partition coefficient (Wildman–Crippen LogP) is 4.70. The van der Waals surface area contributed by atoms with Crippen LogP contribution in [0.3, 0.4) is 0 Å². The summed E-state index contributed by atoms with van der Waals surface area (Å²) in [6.45, 7) is 2.59. The molecule has 2 aliphatic rings. The number of nitrogens with one attached hydrogen (secondary N) is 1. The Balaban J connectivity index is 1.15. The maximum atomic E-state index is 12.5. The smallest absolute Gasteiger partial charge is 0.306 e. The highest BCUT2D eigenvalue weighted by Crippen LogP contribution is 2.28. The molecule has 7 heteroatoms. The van der Waals surface area contributed by atoms with E-state index in [1.54, 1.807) is 24.3 Å². The van der Waals surface area contributed by atoms with Gasteiger partial charge in [-0.15, -0.1) is 0 Å². The van der Waals surface area contributed by atoms with Crippen molar-refractivity contribution >= 4 is 23.3 Å². The standard InChI is InChI=1S/C28H34N2O5/c31-26(20-7-13-24(14-8-20)35-25-15-9-22(10-16-25)28(33)34)4-3-17-29-27(32)21-5-11-23(12-6-21)30-18-1-2-19-30/h5-8,11-14,22,25H,1-4,9-10,15-19H2,(H,29,32)(H,33,34).